The molecule has 1 aliphatic carbocycles. The van der Waals surface area contributed by atoms with Gasteiger partial charge < -0.3 is 0 Å². The molecule has 1 heteroatoms. The van der Waals surface area contributed by atoms with Crippen LogP contribution in [0.2, 0.25) is 0 Å². The topological polar surface area (TPSA) is 0 Å². The molecule has 0 saturated heterocycles. The molecule has 64 valence electrons. The minimum Gasteiger partial charge on any atom is -0.0645 e. The van der Waals surface area contributed by atoms with Crippen molar-refractivity contribution in [2.45, 2.75) is 31.6 Å². The number of halogens is 1. The van der Waals surface area contributed by atoms with Crippen LogP contribution in [-0.2, 0) is 5.41 Å². The second-order valence-corrected chi connectivity index (χ2v) is 4.89. The lowest BCUT2D eigenvalue weighted by molar-refractivity contribution is 0.664. The van der Waals surface area contributed by atoms with Gasteiger partial charge in [0.25, 0.3) is 0 Å². The molecule has 1 aromatic rings. The summed E-state index contributed by atoms with van der Waals surface area (Å²) < 4.78 is 1.34. The van der Waals surface area contributed by atoms with Crippen molar-refractivity contribution >= 4 is 22.6 Å². The molecule has 0 radical (unpaired) electrons. The van der Waals surface area contributed by atoms with Crippen LogP contribution in [0.15, 0.2) is 24.3 Å². The van der Waals surface area contributed by atoms with Crippen molar-refractivity contribution in [2.24, 2.45) is 0 Å². The first-order chi connectivity index (χ1) is 5.77. The minimum absolute atomic E-state index is 0.574. The fourth-order valence-corrected chi connectivity index (χ4v) is 2.16. The summed E-state index contributed by atoms with van der Waals surface area (Å²) in [4.78, 5) is 0. The molecular formula is C11H13I. The largest absolute Gasteiger partial charge is 0.0645 e. The van der Waals surface area contributed by atoms with Crippen molar-refractivity contribution in [2.75, 3.05) is 0 Å². The van der Waals surface area contributed by atoms with Crippen molar-refractivity contribution < 1.29 is 0 Å². The first kappa shape index (κ1) is 8.54. The van der Waals surface area contributed by atoms with Crippen molar-refractivity contribution in [1.82, 2.24) is 0 Å². The summed E-state index contributed by atoms with van der Waals surface area (Å²) in [7, 11) is 0. The molecule has 0 spiro atoms. The third-order valence-electron chi connectivity index (χ3n) is 2.99. The van der Waals surface area contributed by atoms with E-state index in [2.05, 4.69) is 53.8 Å². The third kappa shape index (κ3) is 1.39. The molecular weight excluding hydrogens is 259 g/mol. The van der Waals surface area contributed by atoms with E-state index < -0.39 is 0 Å². The van der Waals surface area contributed by atoms with E-state index in [1.165, 1.54) is 22.8 Å². The van der Waals surface area contributed by atoms with Gasteiger partial charge in [-0.15, -0.1) is 0 Å². The van der Waals surface area contributed by atoms with E-state index in [0.717, 1.165) is 0 Å². The zero-order chi connectivity index (χ0) is 8.60. The molecule has 0 N–H and O–H groups in total. The Morgan fingerprint density at radius 2 is 1.83 bits per heavy atom. The Kier molecular flexibility index (Phi) is 2.15. The number of benzene rings is 1. The average Bonchev–Trinajstić information content (AvgIpc) is 2.86. The highest BCUT2D eigenvalue weighted by molar-refractivity contribution is 14.1. The lowest BCUT2D eigenvalue weighted by Gasteiger charge is -2.12. The third-order valence-corrected chi connectivity index (χ3v) is 3.71. The van der Waals surface area contributed by atoms with Gasteiger partial charge in [-0.2, -0.15) is 0 Å². The highest BCUT2D eigenvalue weighted by atomic mass is 127. The fraction of sp³-hybridized carbons (Fsp3) is 0.455. The molecule has 0 aromatic heterocycles. The molecule has 1 fully saturated rings. The van der Waals surface area contributed by atoms with E-state index >= 15 is 0 Å². The van der Waals surface area contributed by atoms with Crippen LogP contribution in [0.1, 0.15) is 31.7 Å². The molecule has 2 rings (SSSR count). The van der Waals surface area contributed by atoms with Crippen molar-refractivity contribution in [1.29, 1.82) is 0 Å². The summed E-state index contributed by atoms with van der Waals surface area (Å²) in [5, 5.41) is 0. The summed E-state index contributed by atoms with van der Waals surface area (Å²) in [6.07, 6.45) is 4.09. The van der Waals surface area contributed by atoms with Crippen LogP contribution < -0.4 is 0 Å². The van der Waals surface area contributed by atoms with E-state index in [1.807, 2.05) is 0 Å². The molecule has 12 heavy (non-hydrogen) atoms. The van der Waals surface area contributed by atoms with Crippen molar-refractivity contribution in [3.05, 3.63) is 33.4 Å². The van der Waals surface area contributed by atoms with Gasteiger partial charge in [-0.3, -0.25) is 0 Å². The highest BCUT2D eigenvalue weighted by Gasteiger charge is 2.41. The molecule has 1 aromatic carbocycles. The van der Waals surface area contributed by atoms with Crippen LogP contribution in [0.3, 0.4) is 0 Å². The van der Waals surface area contributed by atoms with Crippen LogP contribution in [0.25, 0.3) is 0 Å². The molecule has 0 atom stereocenters. The zero-order valence-electron chi connectivity index (χ0n) is 7.31. The van der Waals surface area contributed by atoms with Gasteiger partial charge in [-0.1, -0.05) is 19.1 Å². The maximum Gasteiger partial charge on any atom is 0.0130 e. The lowest BCUT2D eigenvalue weighted by Crippen LogP contribution is -2.03. The van der Waals surface area contributed by atoms with E-state index in [-0.39, 0.29) is 0 Å². The van der Waals surface area contributed by atoms with Gasteiger partial charge in [0.1, 0.15) is 0 Å². The van der Waals surface area contributed by atoms with Gasteiger partial charge in [-0.25, -0.2) is 0 Å². The molecule has 0 aliphatic heterocycles. The Bertz CT molecular complexity index is 270. The van der Waals surface area contributed by atoms with E-state index in [0.29, 0.717) is 5.41 Å². The van der Waals surface area contributed by atoms with Gasteiger partial charge in [0.2, 0.25) is 0 Å². The van der Waals surface area contributed by atoms with Crippen LogP contribution in [0.5, 0.6) is 0 Å². The first-order valence-electron chi connectivity index (χ1n) is 4.53. The fourth-order valence-electron chi connectivity index (χ4n) is 1.80. The molecule has 0 nitrogen and oxygen atoms in total. The van der Waals surface area contributed by atoms with Crippen molar-refractivity contribution in [3.8, 4) is 0 Å². The number of rotatable bonds is 2. The average molecular weight is 272 g/mol. The van der Waals surface area contributed by atoms with Crippen LogP contribution >= 0.6 is 22.6 Å². The second kappa shape index (κ2) is 3.02. The van der Waals surface area contributed by atoms with Gasteiger partial charge >= 0.3 is 0 Å². The Labute approximate surface area is 87.5 Å². The standard InChI is InChI=1S/C11H13I/c1-2-11(7-8-11)9-3-5-10(12)6-4-9/h3-6H,2,7-8H2,1H3. The minimum atomic E-state index is 0.574. The van der Waals surface area contributed by atoms with Crippen LogP contribution in [0.4, 0.5) is 0 Å². The molecule has 1 aliphatic rings. The Morgan fingerprint density at radius 1 is 1.25 bits per heavy atom. The van der Waals surface area contributed by atoms with E-state index in [4.69, 9.17) is 0 Å². The first-order valence-corrected chi connectivity index (χ1v) is 5.61. The highest BCUT2D eigenvalue weighted by Crippen LogP contribution is 2.50. The summed E-state index contributed by atoms with van der Waals surface area (Å²) in [6.45, 7) is 2.30. The predicted octanol–water partition coefficient (Wildman–Crippen LogP) is 3.73. The summed E-state index contributed by atoms with van der Waals surface area (Å²) in [6, 6.07) is 9.01. The molecule has 0 bridgehead atoms. The van der Waals surface area contributed by atoms with Gasteiger partial charge in [0.15, 0.2) is 0 Å². The summed E-state index contributed by atoms with van der Waals surface area (Å²) >= 11 is 2.36. The summed E-state index contributed by atoms with van der Waals surface area (Å²) in [5.41, 5.74) is 2.12. The van der Waals surface area contributed by atoms with Gasteiger partial charge in [-0.05, 0) is 65.0 Å². The van der Waals surface area contributed by atoms with Gasteiger partial charge in [0.05, 0.1) is 0 Å². The summed E-state index contributed by atoms with van der Waals surface area (Å²) in [5.74, 6) is 0. The normalized spacial score (nSPS) is 19.2. The lowest BCUT2D eigenvalue weighted by atomic mass is 9.94. The van der Waals surface area contributed by atoms with E-state index in [9.17, 15) is 0 Å². The number of hydrogen-bond donors (Lipinski definition) is 0. The van der Waals surface area contributed by atoms with E-state index in [1.54, 1.807) is 5.56 Å². The Morgan fingerprint density at radius 3 is 2.25 bits per heavy atom. The maximum absolute atomic E-state index is 2.36. The predicted molar refractivity (Wildman–Crippen MR) is 60.4 cm³/mol. The van der Waals surface area contributed by atoms with Crippen molar-refractivity contribution in [3.63, 3.8) is 0 Å². The molecule has 0 amide bonds. The maximum atomic E-state index is 2.36. The zero-order valence-corrected chi connectivity index (χ0v) is 9.47. The Balaban J connectivity index is 2.29. The van der Waals surface area contributed by atoms with Gasteiger partial charge in [0, 0.05) is 3.57 Å². The second-order valence-electron chi connectivity index (χ2n) is 3.64. The number of hydrogen-bond acceptors (Lipinski definition) is 0. The molecule has 1 saturated carbocycles. The van der Waals surface area contributed by atoms with Crippen LogP contribution in [-0.4, -0.2) is 0 Å². The Hall–Kier alpha value is -0.0500. The quantitative estimate of drug-likeness (QED) is 0.719. The smallest absolute Gasteiger partial charge is 0.0130 e. The monoisotopic (exact) mass is 272 g/mol. The SMILES string of the molecule is CCC1(c2ccc(I)cc2)CC1. The molecule has 0 heterocycles. The molecule has 0 unspecified atom stereocenters. The van der Waals surface area contributed by atoms with Crippen LogP contribution in [0, 0.1) is 3.57 Å².